The Hall–Kier alpha value is -4.20. The van der Waals surface area contributed by atoms with Gasteiger partial charge in [0.15, 0.2) is 11.5 Å². The summed E-state index contributed by atoms with van der Waals surface area (Å²) >= 11 is 0. The van der Waals surface area contributed by atoms with E-state index in [9.17, 15) is 9.59 Å². The van der Waals surface area contributed by atoms with Gasteiger partial charge in [-0.2, -0.15) is 0 Å². The summed E-state index contributed by atoms with van der Waals surface area (Å²) < 4.78 is 12.2. The van der Waals surface area contributed by atoms with Crippen LogP contribution in [0.1, 0.15) is 96.0 Å². The lowest BCUT2D eigenvalue weighted by Crippen LogP contribution is -2.39. The van der Waals surface area contributed by atoms with Gasteiger partial charge in [-0.1, -0.05) is 118 Å². The van der Waals surface area contributed by atoms with Crippen molar-refractivity contribution >= 4 is 11.8 Å². The minimum atomic E-state index is -0.504. The molecule has 0 bridgehead atoms. The lowest BCUT2D eigenvalue weighted by molar-refractivity contribution is -0.130. The summed E-state index contributed by atoms with van der Waals surface area (Å²) in [6.07, 6.45) is 3.42. The molecule has 2 N–H and O–H groups in total. The van der Waals surface area contributed by atoms with Gasteiger partial charge in [0, 0.05) is 24.8 Å². The molecule has 0 saturated carbocycles. The number of hydrogen-bond acceptors (Lipinski definition) is 6. The summed E-state index contributed by atoms with van der Waals surface area (Å²) in [5.41, 5.74) is 2.91. The Morgan fingerprint density at radius 3 is 1.16 bits per heavy atom. The van der Waals surface area contributed by atoms with Gasteiger partial charge in [-0.05, 0) is 23.0 Å². The van der Waals surface area contributed by atoms with E-state index < -0.39 is 10.8 Å². The second-order valence-corrected chi connectivity index (χ2v) is 14.2. The highest BCUT2D eigenvalue weighted by Crippen LogP contribution is 2.32. The number of carbonyl (C=O) groups excluding carboxylic acids is 2. The van der Waals surface area contributed by atoms with Gasteiger partial charge < -0.3 is 19.5 Å². The Kier molecular flexibility index (Phi) is 9.52. The molecule has 0 saturated heterocycles. The van der Waals surface area contributed by atoms with Crippen LogP contribution in [0.15, 0.2) is 69.8 Å². The number of benzene rings is 2. The minimum absolute atomic E-state index is 0. The third kappa shape index (κ3) is 7.65. The number of hydrogen-bond donors (Lipinski definition) is 2. The lowest BCUT2D eigenvalue weighted by Gasteiger charge is -2.24. The summed E-state index contributed by atoms with van der Waals surface area (Å²) in [6.45, 7) is 19.5. The number of nitrogens with zero attached hydrogens (tertiary/aromatic N) is 2. The predicted octanol–water partition coefficient (Wildman–Crippen LogP) is 8.87. The normalized spacial score (nSPS) is 13.6. The third-order valence-electron chi connectivity index (χ3n) is 7.52. The molecular formula is C36H50N4O4. The predicted molar refractivity (Wildman–Crippen MR) is 177 cm³/mol. The fourth-order valence-corrected chi connectivity index (χ4v) is 4.53. The number of carbonyl (C=O) groups is 2. The van der Waals surface area contributed by atoms with Gasteiger partial charge in [0.05, 0.1) is 12.4 Å². The molecule has 0 aliphatic heterocycles. The SMILES string of the molecule is CC(C)[C@H](NC(=O)C(C)(C)C)c1ncc(-c2ccc(-c3ccc(-c4cnc([C@@H](NC(=O)C(C)(C)C)C(C)C)o4)cc3)cc2)o1.[HH].[HH]. The number of amides is 2. The zero-order valence-electron chi connectivity index (χ0n) is 27.6. The van der Waals surface area contributed by atoms with Crippen LogP contribution in [0.2, 0.25) is 0 Å². The number of nitrogens with one attached hydrogen (secondary N) is 2. The van der Waals surface area contributed by atoms with Gasteiger partial charge in [-0.3, -0.25) is 9.59 Å². The molecule has 0 radical (unpaired) electrons. The first-order valence-electron chi connectivity index (χ1n) is 15.3. The highest BCUT2D eigenvalue weighted by atomic mass is 16.4. The van der Waals surface area contributed by atoms with Gasteiger partial charge in [0.25, 0.3) is 0 Å². The van der Waals surface area contributed by atoms with E-state index in [0.29, 0.717) is 23.3 Å². The second kappa shape index (κ2) is 12.8. The van der Waals surface area contributed by atoms with Crippen molar-refractivity contribution in [1.82, 2.24) is 20.6 Å². The van der Waals surface area contributed by atoms with Crippen LogP contribution in [0.4, 0.5) is 0 Å². The molecule has 0 aliphatic carbocycles. The summed E-state index contributed by atoms with van der Waals surface area (Å²) in [6, 6.07) is 15.6. The van der Waals surface area contributed by atoms with Crippen molar-refractivity contribution in [3.05, 3.63) is 72.7 Å². The molecule has 8 nitrogen and oxygen atoms in total. The Labute approximate surface area is 264 Å². The van der Waals surface area contributed by atoms with Crippen LogP contribution in [0.5, 0.6) is 0 Å². The van der Waals surface area contributed by atoms with Crippen molar-refractivity contribution in [2.24, 2.45) is 22.7 Å². The molecule has 44 heavy (non-hydrogen) atoms. The molecule has 238 valence electrons. The maximum atomic E-state index is 12.6. The molecular weight excluding hydrogens is 552 g/mol. The average Bonchev–Trinajstić information content (AvgIpc) is 3.64. The van der Waals surface area contributed by atoms with E-state index in [4.69, 9.17) is 8.83 Å². The Morgan fingerprint density at radius 2 is 0.886 bits per heavy atom. The van der Waals surface area contributed by atoms with Crippen molar-refractivity contribution in [2.75, 3.05) is 0 Å². The fraction of sp³-hybridized carbons (Fsp3) is 0.444. The zero-order valence-corrected chi connectivity index (χ0v) is 27.6. The van der Waals surface area contributed by atoms with Gasteiger partial charge in [-0.15, -0.1) is 0 Å². The van der Waals surface area contributed by atoms with E-state index >= 15 is 0 Å². The maximum absolute atomic E-state index is 12.6. The van der Waals surface area contributed by atoms with Gasteiger partial charge in [0.2, 0.25) is 23.6 Å². The molecule has 4 aromatic rings. The maximum Gasteiger partial charge on any atom is 0.226 e. The van der Waals surface area contributed by atoms with E-state index in [0.717, 1.165) is 22.3 Å². The smallest absolute Gasteiger partial charge is 0.226 e. The van der Waals surface area contributed by atoms with E-state index in [-0.39, 0.29) is 38.6 Å². The van der Waals surface area contributed by atoms with Crippen molar-refractivity contribution in [1.29, 1.82) is 0 Å². The van der Waals surface area contributed by atoms with Crippen LogP contribution < -0.4 is 10.6 Å². The first kappa shape index (κ1) is 32.7. The van der Waals surface area contributed by atoms with Crippen molar-refractivity contribution < 1.29 is 21.3 Å². The number of oxazole rings is 2. The molecule has 2 heterocycles. The third-order valence-corrected chi connectivity index (χ3v) is 7.52. The monoisotopic (exact) mass is 602 g/mol. The van der Waals surface area contributed by atoms with Crippen LogP contribution in [-0.2, 0) is 9.59 Å². The van der Waals surface area contributed by atoms with Gasteiger partial charge in [-0.25, -0.2) is 9.97 Å². The van der Waals surface area contributed by atoms with Crippen LogP contribution in [-0.4, -0.2) is 21.8 Å². The van der Waals surface area contributed by atoms with Crippen molar-refractivity contribution in [3.63, 3.8) is 0 Å². The van der Waals surface area contributed by atoms with Crippen LogP contribution in [0.25, 0.3) is 33.8 Å². The quantitative estimate of drug-likeness (QED) is 0.198. The Balaban J connectivity index is 0.00000368. The van der Waals surface area contributed by atoms with Gasteiger partial charge in [0.1, 0.15) is 12.1 Å². The fourth-order valence-electron chi connectivity index (χ4n) is 4.53. The Bertz CT molecular complexity index is 1460. The standard InChI is InChI=1S/C36H46N4O4.2H2/c1-21(2)29(39-33(41)35(5,6)7)31-37-19-27(43-31)25-15-11-23(12-16-25)24-13-17-26(18-14-24)28-20-38-32(44-28)30(22(3)4)40-34(42)36(8,9)10;;/h11-22,29-30H,1-10H3,(H,39,41)(H,40,42);2*1H/t29-,30-;;/m0../s1. The van der Waals surface area contributed by atoms with E-state index in [2.05, 4.69) is 20.6 Å². The summed E-state index contributed by atoms with van der Waals surface area (Å²) in [5.74, 6) is 2.45. The topological polar surface area (TPSA) is 110 Å². The molecule has 2 atom stereocenters. The molecule has 4 rings (SSSR count). The first-order valence-corrected chi connectivity index (χ1v) is 15.3. The average molecular weight is 603 g/mol. The van der Waals surface area contributed by atoms with Crippen LogP contribution in [0, 0.1) is 22.7 Å². The van der Waals surface area contributed by atoms with E-state index in [1.54, 1.807) is 12.4 Å². The second-order valence-electron chi connectivity index (χ2n) is 14.2. The molecule has 8 heteroatoms. The number of aromatic nitrogens is 2. The minimum Gasteiger partial charge on any atom is -0.438 e. The van der Waals surface area contributed by atoms with E-state index in [1.807, 2.05) is 118 Å². The number of rotatable bonds is 9. The van der Waals surface area contributed by atoms with Crippen molar-refractivity contribution in [3.8, 4) is 33.8 Å². The summed E-state index contributed by atoms with van der Waals surface area (Å²) in [4.78, 5) is 34.2. The van der Waals surface area contributed by atoms with Gasteiger partial charge >= 0.3 is 0 Å². The Morgan fingerprint density at radius 1 is 0.591 bits per heavy atom. The molecule has 2 amide bonds. The van der Waals surface area contributed by atoms with Crippen LogP contribution >= 0.6 is 0 Å². The highest BCUT2D eigenvalue weighted by Gasteiger charge is 2.30. The van der Waals surface area contributed by atoms with E-state index in [1.165, 1.54) is 0 Å². The molecule has 0 spiro atoms. The van der Waals surface area contributed by atoms with Crippen LogP contribution in [0.3, 0.4) is 0 Å². The molecule has 2 aromatic heterocycles. The highest BCUT2D eigenvalue weighted by molar-refractivity contribution is 5.82. The van der Waals surface area contributed by atoms with Crippen molar-refractivity contribution in [2.45, 2.75) is 81.3 Å². The lowest BCUT2D eigenvalue weighted by atomic mass is 9.94. The molecule has 2 aromatic carbocycles. The zero-order chi connectivity index (χ0) is 32.4. The molecule has 0 unspecified atom stereocenters. The summed E-state index contributed by atoms with van der Waals surface area (Å²) in [7, 11) is 0. The first-order chi connectivity index (χ1) is 20.5. The molecule has 0 fully saturated rings. The summed E-state index contributed by atoms with van der Waals surface area (Å²) in [5, 5.41) is 6.17. The largest absolute Gasteiger partial charge is 0.438 e. The molecule has 0 aliphatic rings.